The lowest BCUT2D eigenvalue weighted by Crippen LogP contribution is -2.02. The van der Waals surface area contributed by atoms with Crippen LogP contribution in [0.4, 0.5) is 5.69 Å². The van der Waals surface area contributed by atoms with Gasteiger partial charge in [0.05, 0.1) is 23.4 Å². The minimum atomic E-state index is 0.645. The van der Waals surface area contributed by atoms with E-state index in [1.165, 1.54) is 0 Å². The molecule has 20 heavy (non-hydrogen) atoms. The van der Waals surface area contributed by atoms with E-state index in [0.717, 1.165) is 27.8 Å². The summed E-state index contributed by atoms with van der Waals surface area (Å²) >= 11 is 6.14. The highest BCUT2D eigenvalue weighted by Crippen LogP contribution is 2.26. The van der Waals surface area contributed by atoms with Crippen molar-refractivity contribution in [1.29, 1.82) is 0 Å². The van der Waals surface area contributed by atoms with Gasteiger partial charge in [0.25, 0.3) is 0 Å². The third-order valence-electron chi connectivity index (χ3n) is 3.10. The van der Waals surface area contributed by atoms with E-state index in [1.54, 1.807) is 6.20 Å². The van der Waals surface area contributed by atoms with Crippen molar-refractivity contribution in [2.75, 3.05) is 5.32 Å². The summed E-state index contributed by atoms with van der Waals surface area (Å²) in [5, 5.41) is 5.08. The van der Waals surface area contributed by atoms with Crippen molar-refractivity contribution in [3.05, 3.63) is 65.1 Å². The first-order chi connectivity index (χ1) is 9.72. The molecule has 0 saturated heterocycles. The van der Waals surface area contributed by atoms with Crippen molar-refractivity contribution in [3.63, 3.8) is 0 Å². The minimum absolute atomic E-state index is 0.645. The summed E-state index contributed by atoms with van der Waals surface area (Å²) in [6, 6.07) is 11.8. The fourth-order valence-electron chi connectivity index (χ4n) is 2.08. The van der Waals surface area contributed by atoms with Crippen molar-refractivity contribution in [3.8, 4) is 0 Å². The first-order valence-electron chi connectivity index (χ1n) is 6.42. The van der Waals surface area contributed by atoms with Gasteiger partial charge in [-0.15, -0.1) is 0 Å². The maximum absolute atomic E-state index is 6.14. The number of nitrogens with one attached hydrogen (secondary N) is 1. The molecule has 0 saturated carbocycles. The van der Waals surface area contributed by atoms with Gasteiger partial charge in [-0.25, -0.2) is 0 Å². The zero-order chi connectivity index (χ0) is 13.9. The van der Waals surface area contributed by atoms with Gasteiger partial charge in [-0.1, -0.05) is 23.7 Å². The lowest BCUT2D eigenvalue weighted by atomic mass is 10.2. The molecule has 0 unspecified atom stereocenters. The van der Waals surface area contributed by atoms with Crippen molar-refractivity contribution in [2.45, 2.75) is 13.5 Å². The van der Waals surface area contributed by atoms with E-state index in [4.69, 9.17) is 11.6 Å². The van der Waals surface area contributed by atoms with Crippen LogP contribution in [0.15, 0.2) is 48.8 Å². The molecule has 3 rings (SSSR count). The first-order valence-corrected chi connectivity index (χ1v) is 6.80. The highest BCUT2D eigenvalue weighted by molar-refractivity contribution is 6.31. The van der Waals surface area contributed by atoms with Gasteiger partial charge in [-0.2, -0.15) is 0 Å². The van der Waals surface area contributed by atoms with Gasteiger partial charge in [0, 0.05) is 22.8 Å². The summed E-state index contributed by atoms with van der Waals surface area (Å²) < 4.78 is 0. The van der Waals surface area contributed by atoms with E-state index in [0.29, 0.717) is 11.6 Å². The predicted molar refractivity (Wildman–Crippen MR) is 83.1 cm³/mol. The summed E-state index contributed by atoms with van der Waals surface area (Å²) in [5.74, 6) is 0. The molecule has 2 heterocycles. The van der Waals surface area contributed by atoms with E-state index >= 15 is 0 Å². The van der Waals surface area contributed by atoms with Crippen molar-refractivity contribution >= 4 is 28.2 Å². The Morgan fingerprint density at radius 1 is 1.15 bits per heavy atom. The second-order valence-corrected chi connectivity index (χ2v) is 5.15. The molecule has 0 atom stereocenters. The largest absolute Gasteiger partial charge is 0.378 e. The van der Waals surface area contributed by atoms with Crippen molar-refractivity contribution in [1.82, 2.24) is 9.97 Å². The van der Waals surface area contributed by atoms with Crippen LogP contribution in [0.5, 0.6) is 0 Å². The quantitative estimate of drug-likeness (QED) is 0.783. The molecule has 100 valence electrons. The minimum Gasteiger partial charge on any atom is -0.378 e. The molecule has 1 aromatic carbocycles. The molecule has 0 fully saturated rings. The average Bonchev–Trinajstić information content (AvgIpc) is 2.46. The highest BCUT2D eigenvalue weighted by Gasteiger charge is 2.04. The smallest absolute Gasteiger partial charge is 0.0934 e. The van der Waals surface area contributed by atoms with Gasteiger partial charge < -0.3 is 5.32 Å². The van der Waals surface area contributed by atoms with Gasteiger partial charge in [-0.05, 0) is 36.8 Å². The third-order valence-corrected chi connectivity index (χ3v) is 3.32. The molecular weight excluding hydrogens is 270 g/mol. The van der Waals surface area contributed by atoms with Crippen LogP contribution in [-0.2, 0) is 6.54 Å². The molecule has 0 amide bonds. The second-order valence-electron chi connectivity index (χ2n) is 4.71. The normalized spacial score (nSPS) is 10.7. The molecule has 0 aliphatic heterocycles. The Morgan fingerprint density at radius 3 is 2.85 bits per heavy atom. The van der Waals surface area contributed by atoms with E-state index in [1.807, 2.05) is 43.5 Å². The van der Waals surface area contributed by atoms with E-state index in [9.17, 15) is 0 Å². The number of aryl methyl sites for hydroxylation is 1. The van der Waals surface area contributed by atoms with Crippen LogP contribution < -0.4 is 5.32 Å². The van der Waals surface area contributed by atoms with Crippen LogP contribution in [0.2, 0.25) is 5.02 Å². The molecule has 1 N–H and O–H groups in total. The number of hydrogen-bond donors (Lipinski definition) is 1. The molecule has 0 bridgehead atoms. The van der Waals surface area contributed by atoms with Gasteiger partial charge in [0.2, 0.25) is 0 Å². The number of halogens is 1. The molecule has 4 heteroatoms. The van der Waals surface area contributed by atoms with Crippen LogP contribution in [0.3, 0.4) is 0 Å². The average molecular weight is 284 g/mol. The second kappa shape index (κ2) is 5.47. The van der Waals surface area contributed by atoms with Gasteiger partial charge in [-0.3, -0.25) is 9.97 Å². The molecule has 0 aliphatic rings. The lowest BCUT2D eigenvalue weighted by Gasteiger charge is -2.09. The Morgan fingerprint density at radius 2 is 2.05 bits per heavy atom. The molecule has 0 spiro atoms. The predicted octanol–water partition coefficient (Wildman–Crippen LogP) is 4.20. The number of fused-ring (bicyclic) bond motifs is 1. The number of hydrogen-bond acceptors (Lipinski definition) is 3. The summed E-state index contributed by atoms with van der Waals surface area (Å²) in [6.45, 7) is 2.67. The number of anilines is 1. The van der Waals surface area contributed by atoms with Crippen LogP contribution in [-0.4, -0.2) is 9.97 Å². The number of benzene rings is 1. The van der Waals surface area contributed by atoms with Gasteiger partial charge >= 0.3 is 0 Å². The molecular formula is C16H14ClN3. The summed E-state index contributed by atoms with van der Waals surface area (Å²) in [4.78, 5) is 8.79. The maximum atomic E-state index is 6.14. The van der Waals surface area contributed by atoms with E-state index in [2.05, 4.69) is 21.4 Å². The van der Waals surface area contributed by atoms with E-state index < -0.39 is 0 Å². The molecule has 0 aliphatic carbocycles. The van der Waals surface area contributed by atoms with Crippen LogP contribution >= 0.6 is 11.6 Å². The molecule has 3 aromatic rings. The Bertz CT molecular complexity index is 738. The summed E-state index contributed by atoms with van der Waals surface area (Å²) in [7, 11) is 0. The topological polar surface area (TPSA) is 37.8 Å². The van der Waals surface area contributed by atoms with Gasteiger partial charge in [0.1, 0.15) is 0 Å². The first kappa shape index (κ1) is 12.9. The lowest BCUT2D eigenvalue weighted by molar-refractivity contribution is 1.04. The van der Waals surface area contributed by atoms with Crippen LogP contribution in [0.25, 0.3) is 10.9 Å². The van der Waals surface area contributed by atoms with Crippen molar-refractivity contribution in [2.24, 2.45) is 0 Å². The van der Waals surface area contributed by atoms with Crippen molar-refractivity contribution < 1.29 is 0 Å². The number of aromatic nitrogens is 2. The Hall–Kier alpha value is -2.13. The highest BCUT2D eigenvalue weighted by atomic mass is 35.5. The summed E-state index contributed by atoms with van der Waals surface area (Å²) in [5.41, 5.74) is 3.99. The number of pyridine rings is 2. The Balaban J connectivity index is 1.88. The summed E-state index contributed by atoms with van der Waals surface area (Å²) in [6.07, 6.45) is 3.65. The zero-order valence-corrected chi connectivity index (χ0v) is 11.9. The Kier molecular flexibility index (Phi) is 3.52. The fourth-order valence-corrected chi connectivity index (χ4v) is 2.31. The molecule has 2 aromatic heterocycles. The fraction of sp³-hybridized carbons (Fsp3) is 0.125. The van der Waals surface area contributed by atoms with Crippen LogP contribution in [0, 0.1) is 6.92 Å². The van der Waals surface area contributed by atoms with Gasteiger partial charge in [0.15, 0.2) is 0 Å². The standard InChI is InChI=1S/C16H14ClN3/c1-11-4-5-14(19-9-11)10-20-15-8-13(17)7-12-3-2-6-18-16(12)15/h2-9,20H,10H2,1H3. The monoisotopic (exact) mass is 283 g/mol. The van der Waals surface area contributed by atoms with Crippen LogP contribution in [0.1, 0.15) is 11.3 Å². The zero-order valence-electron chi connectivity index (χ0n) is 11.1. The maximum Gasteiger partial charge on any atom is 0.0934 e. The third kappa shape index (κ3) is 2.73. The number of nitrogens with zero attached hydrogens (tertiary/aromatic N) is 2. The SMILES string of the molecule is Cc1ccc(CNc2cc(Cl)cc3cccnc23)nc1. The van der Waals surface area contributed by atoms with E-state index in [-0.39, 0.29) is 0 Å². The number of rotatable bonds is 3. The molecule has 3 nitrogen and oxygen atoms in total. The molecule has 0 radical (unpaired) electrons. The Labute approximate surface area is 122 Å².